The lowest BCUT2D eigenvalue weighted by molar-refractivity contribution is -0.133. The van der Waals surface area contributed by atoms with Crippen LogP contribution in [0.1, 0.15) is 61.5 Å². The topological polar surface area (TPSA) is 74.7 Å². The van der Waals surface area contributed by atoms with Gasteiger partial charge in [-0.25, -0.2) is 17.6 Å². The average molecular weight is 508 g/mol. The van der Waals surface area contributed by atoms with E-state index in [1.807, 2.05) is 19.1 Å². The number of aryl methyl sites for hydroxylation is 1. The van der Waals surface area contributed by atoms with Gasteiger partial charge in [-0.2, -0.15) is 4.31 Å². The molecule has 0 aliphatic carbocycles. The third kappa shape index (κ3) is 4.99. The van der Waals surface area contributed by atoms with Crippen molar-refractivity contribution in [2.45, 2.75) is 56.5 Å². The molecular weight excluding hydrogens is 477 g/mol. The molecule has 36 heavy (non-hydrogen) atoms. The lowest BCUT2D eigenvalue weighted by Gasteiger charge is -2.40. The number of hydrogen-bond donors (Lipinski definition) is 1. The molecule has 3 aromatic carbocycles. The summed E-state index contributed by atoms with van der Waals surface area (Å²) in [5.41, 5.74) is 2.96. The van der Waals surface area contributed by atoms with Crippen LogP contribution in [0.2, 0.25) is 0 Å². The fourth-order valence-corrected chi connectivity index (χ4v) is 6.35. The summed E-state index contributed by atoms with van der Waals surface area (Å²) in [6.45, 7) is 8.08. The van der Waals surface area contributed by atoms with E-state index >= 15 is 0 Å². The van der Waals surface area contributed by atoms with Crippen LogP contribution in [-0.4, -0.2) is 23.8 Å². The van der Waals surface area contributed by atoms with E-state index in [9.17, 15) is 22.7 Å². The van der Waals surface area contributed by atoms with Crippen molar-refractivity contribution < 1.29 is 22.7 Å². The standard InChI is InChI=1S/C29H30FNO4S/c1-19-5-15-24(16-6-19)36(34,35)31-26(20-9-13-23(30)14-10-20)18-17-25(28(32)33)27(31)21-7-11-22(12-8-21)29(2,3)4/h5-17,26-27H,18H2,1-4H3,(H,32,33)/t26-,27-/m0/s1. The average Bonchev–Trinajstić information content (AvgIpc) is 2.83. The van der Waals surface area contributed by atoms with Crippen LogP contribution in [0.15, 0.2) is 89.3 Å². The molecule has 5 nitrogen and oxygen atoms in total. The molecule has 0 radical (unpaired) electrons. The van der Waals surface area contributed by atoms with Crippen LogP contribution >= 0.6 is 0 Å². The van der Waals surface area contributed by atoms with Crippen LogP contribution in [0.3, 0.4) is 0 Å². The second-order valence-electron chi connectivity index (χ2n) is 10.2. The van der Waals surface area contributed by atoms with Crippen molar-refractivity contribution in [1.82, 2.24) is 4.31 Å². The molecule has 0 unspecified atom stereocenters. The van der Waals surface area contributed by atoms with Crippen LogP contribution in [0.4, 0.5) is 4.39 Å². The van der Waals surface area contributed by atoms with Crippen LogP contribution in [0.5, 0.6) is 0 Å². The summed E-state index contributed by atoms with van der Waals surface area (Å²) in [4.78, 5) is 12.4. The van der Waals surface area contributed by atoms with E-state index < -0.39 is 33.9 Å². The molecule has 0 bridgehead atoms. The molecule has 1 heterocycles. The number of rotatable bonds is 5. The minimum Gasteiger partial charge on any atom is -0.478 e. The Morgan fingerprint density at radius 2 is 1.47 bits per heavy atom. The Bertz CT molecular complexity index is 1390. The predicted octanol–water partition coefficient (Wildman–Crippen LogP) is 6.32. The minimum atomic E-state index is -4.15. The molecule has 0 aromatic heterocycles. The molecular formula is C29H30FNO4S. The highest BCUT2D eigenvalue weighted by Gasteiger charge is 2.44. The molecule has 0 saturated heterocycles. The van der Waals surface area contributed by atoms with Crippen molar-refractivity contribution in [2.24, 2.45) is 0 Å². The summed E-state index contributed by atoms with van der Waals surface area (Å²) < 4.78 is 43.3. The number of carbonyl (C=O) groups is 1. The summed E-state index contributed by atoms with van der Waals surface area (Å²) in [6.07, 6.45) is 1.73. The van der Waals surface area contributed by atoms with Gasteiger partial charge >= 0.3 is 5.97 Å². The molecule has 1 N–H and O–H groups in total. The Labute approximate surface area is 212 Å². The van der Waals surface area contributed by atoms with Gasteiger partial charge < -0.3 is 5.11 Å². The SMILES string of the molecule is Cc1ccc(S(=O)(=O)N2[C@@H](c3ccc(C(C)(C)C)cc3)C(C(=O)O)=CC[C@H]2c2ccc(F)cc2)cc1. The third-order valence-electron chi connectivity index (χ3n) is 6.61. The molecule has 0 fully saturated rings. The van der Waals surface area contributed by atoms with Gasteiger partial charge in [-0.05, 0) is 59.7 Å². The molecule has 1 aliphatic rings. The van der Waals surface area contributed by atoms with Gasteiger partial charge in [-0.1, -0.05) is 80.9 Å². The van der Waals surface area contributed by atoms with Gasteiger partial charge in [0.05, 0.1) is 22.6 Å². The zero-order valence-electron chi connectivity index (χ0n) is 20.8. The zero-order valence-corrected chi connectivity index (χ0v) is 21.6. The summed E-state index contributed by atoms with van der Waals surface area (Å²) in [5, 5.41) is 10.1. The molecule has 3 aromatic rings. The highest BCUT2D eigenvalue weighted by molar-refractivity contribution is 7.89. The first-order valence-electron chi connectivity index (χ1n) is 11.8. The molecule has 1 aliphatic heterocycles. The van der Waals surface area contributed by atoms with E-state index in [1.54, 1.807) is 42.5 Å². The lowest BCUT2D eigenvalue weighted by Crippen LogP contribution is -2.42. The van der Waals surface area contributed by atoms with E-state index in [4.69, 9.17) is 0 Å². The summed E-state index contributed by atoms with van der Waals surface area (Å²) in [7, 11) is -4.15. The Morgan fingerprint density at radius 1 is 0.917 bits per heavy atom. The summed E-state index contributed by atoms with van der Waals surface area (Å²) >= 11 is 0. The van der Waals surface area contributed by atoms with E-state index in [1.165, 1.54) is 28.6 Å². The first-order chi connectivity index (χ1) is 16.9. The first kappa shape index (κ1) is 25.8. The van der Waals surface area contributed by atoms with Crippen LogP contribution in [-0.2, 0) is 20.2 Å². The van der Waals surface area contributed by atoms with E-state index in [0.717, 1.165) is 11.1 Å². The lowest BCUT2D eigenvalue weighted by atomic mass is 9.84. The Hall–Kier alpha value is -3.29. The number of carboxylic acid groups (broad SMARTS) is 1. The van der Waals surface area contributed by atoms with Crippen LogP contribution in [0.25, 0.3) is 0 Å². The van der Waals surface area contributed by atoms with Gasteiger partial charge in [-0.3, -0.25) is 0 Å². The number of benzene rings is 3. The second kappa shape index (κ2) is 9.64. The quantitative estimate of drug-likeness (QED) is 0.439. The van der Waals surface area contributed by atoms with Crippen molar-refractivity contribution >= 4 is 16.0 Å². The number of aliphatic carboxylic acids is 1. The van der Waals surface area contributed by atoms with Crippen molar-refractivity contribution in [3.8, 4) is 0 Å². The highest BCUT2D eigenvalue weighted by atomic mass is 32.2. The highest BCUT2D eigenvalue weighted by Crippen LogP contribution is 2.46. The molecule has 4 rings (SSSR count). The Morgan fingerprint density at radius 3 is 2.00 bits per heavy atom. The van der Waals surface area contributed by atoms with E-state index in [-0.39, 0.29) is 22.3 Å². The maximum Gasteiger partial charge on any atom is 0.333 e. The minimum absolute atomic E-state index is 0.00689. The van der Waals surface area contributed by atoms with Crippen LogP contribution in [0, 0.1) is 12.7 Å². The summed E-state index contributed by atoms with van der Waals surface area (Å²) in [5.74, 6) is -1.61. The normalized spacial score (nSPS) is 19.1. The number of halogens is 1. The monoisotopic (exact) mass is 507 g/mol. The van der Waals surface area contributed by atoms with Crippen LogP contribution < -0.4 is 0 Å². The molecule has 2 atom stereocenters. The van der Waals surface area contributed by atoms with Gasteiger partial charge in [0, 0.05) is 0 Å². The fraction of sp³-hybridized carbons (Fsp3) is 0.276. The fourth-order valence-electron chi connectivity index (χ4n) is 4.57. The van der Waals surface area contributed by atoms with Gasteiger partial charge in [0.1, 0.15) is 5.82 Å². The maximum absolute atomic E-state index is 14.2. The number of carboxylic acids is 1. The molecule has 0 amide bonds. The number of nitrogens with zero attached hydrogens (tertiary/aromatic N) is 1. The van der Waals surface area contributed by atoms with Crippen molar-refractivity contribution in [2.75, 3.05) is 0 Å². The number of hydrogen-bond acceptors (Lipinski definition) is 3. The van der Waals surface area contributed by atoms with E-state index in [0.29, 0.717) is 11.1 Å². The van der Waals surface area contributed by atoms with Gasteiger partial charge in [0.25, 0.3) is 0 Å². The van der Waals surface area contributed by atoms with E-state index in [2.05, 4.69) is 20.8 Å². The first-order valence-corrected chi connectivity index (χ1v) is 13.2. The largest absolute Gasteiger partial charge is 0.478 e. The number of sulfonamides is 1. The van der Waals surface area contributed by atoms with Gasteiger partial charge in [-0.15, -0.1) is 0 Å². The zero-order chi connectivity index (χ0) is 26.3. The van der Waals surface area contributed by atoms with Crippen molar-refractivity contribution in [3.05, 3.63) is 113 Å². The third-order valence-corrected chi connectivity index (χ3v) is 8.50. The van der Waals surface area contributed by atoms with Crippen molar-refractivity contribution in [3.63, 3.8) is 0 Å². The molecule has 188 valence electrons. The molecule has 0 saturated carbocycles. The van der Waals surface area contributed by atoms with Crippen molar-refractivity contribution in [1.29, 1.82) is 0 Å². The second-order valence-corrected chi connectivity index (χ2v) is 12.0. The maximum atomic E-state index is 14.2. The predicted molar refractivity (Wildman–Crippen MR) is 138 cm³/mol. The summed E-state index contributed by atoms with van der Waals surface area (Å²) in [6, 6.07) is 17.8. The Balaban J connectivity index is 1.94. The van der Waals surface area contributed by atoms with Gasteiger partial charge in [0.2, 0.25) is 10.0 Å². The Kier molecular flexibility index (Phi) is 6.90. The molecule has 7 heteroatoms. The molecule has 0 spiro atoms. The van der Waals surface area contributed by atoms with Gasteiger partial charge in [0.15, 0.2) is 0 Å². The smallest absolute Gasteiger partial charge is 0.333 e.